The number of hydrogen-bond acceptors (Lipinski definition) is 13. The Hall–Kier alpha value is -6.38. The van der Waals surface area contributed by atoms with Crippen LogP contribution in [0.1, 0.15) is 0 Å². The van der Waals surface area contributed by atoms with E-state index in [9.17, 15) is 0 Å². The summed E-state index contributed by atoms with van der Waals surface area (Å²) in [7, 11) is 0. The molecule has 4 heterocycles. The van der Waals surface area contributed by atoms with E-state index >= 15 is 0 Å². The fourth-order valence-corrected chi connectivity index (χ4v) is 6.64. The van der Waals surface area contributed by atoms with Gasteiger partial charge in [0.25, 0.3) is 11.8 Å². The molecule has 0 atom stereocenters. The van der Waals surface area contributed by atoms with Crippen molar-refractivity contribution in [3.63, 3.8) is 0 Å². The smallest absolute Gasteiger partial charge is 0.327 e. The number of anilines is 6. The van der Waals surface area contributed by atoms with Crippen molar-refractivity contribution < 1.29 is 8.83 Å². The van der Waals surface area contributed by atoms with Gasteiger partial charge in [0.05, 0.1) is 57.0 Å². The summed E-state index contributed by atoms with van der Waals surface area (Å²) in [6.45, 7) is 0. The second-order valence-electron chi connectivity index (χ2n) is 10.5. The Morgan fingerprint density at radius 3 is 1.15 bits per heavy atom. The number of rotatable bonds is 8. The summed E-state index contributed by atoms with van der Waals surface area (Å²) in [4.78, 5) is 3.78. The summed E-state index contributed by atoms with van der Waals surface area (Å²) in [5, 5.41) is 17.9. The van der Waals surface area contributed by atoms with Crippen molar-refractivity contribution in [1.29, 1.82) is 0 Å². The fraction of sp³-hybridized carbons (Fsp3) is 0. The zero-order valence-electron chi connectivity index (χ0n) is 24.7. The molecule has 0 saturated carbocycles. The molecule has 0 bridgehead atoms. The maximum absolute atomic E-state index is 6.39. The molecule has 230 valence electrons. The van der Waals surface area contributed by atoms with Gasteiger partial charge < -0.3 is 8.83 Å². The standard InChI is InChI=1S/C34H20N10O2S2/c1-5-13-21(14-6-1)43(22-15-7-2-8-16-22)33-37-35-31(45-33)25-27-29(41-47-39-27)26(30-28(25)40-48-42-30)32-36-38-34(46-32)44(23-17-9-3-10-18-23)24-19-11-4-12-20-24/h1-20H. The molecule has 14 heteroatoms. The lowest BCUT2D eigenvalue weighted by Crippen LogP contribution is -2.09. The second kappa shape index (κ2) is 11.8. The normalized spacial score (nSPS) is 11.8. The SMILES string of the molecule is c1ccc(N(c2ccccc2)c2nnc(-c3c4c(c(-c5nnc(N(c6ccccc6)c6ccccc6)o5)c5nsnc35)N=S=N4)o2)cc1. The van der Waals surface area contributed by atoms with Crippen molar-refractivity contribution in [2.24, 2.45) is 8.73 Å². The summed E-state index contributed by atoms with van der Waals surface area (Å²) in [5.74, 6) is 0.462. The van der Waals surface area contributed by atoms with Crippen molar-refractivity contribution in [2.75, 3.05) is 9.80 Å². The van der Waals surface area contributed by atoms with E-state index in [4.69, 9.17) is 8.83 Å². The van der Waals surface area contributed by atoms with Gasteiger partial charge in [0, 0.05) is 0 Å². The molecule has 0 saturated heterocycles. The minimum absolute atomic E-state index is 0.231. The Morgan fingerprint density at radius 2 is 0.792 bits per heavy atom. The van der Waals surface area contributed by atoms with Gasteiger partial charge in [-0.25, -0.2) is 0 Å². The average Bonchev–Trinajstić information content (AvgIpc) is 3.98. The molecule has 12 nitrogen and oxygen atoms in total. The molecular weight excluding hydrogens is 645 g/mol. The lowest BCUT2D eigenvalue weighted by Gasteiger charge is -2.20. The molecule has 0 fully saturated rings. The zero-order chi connectivity index (χ0) is 31.9. The quantitative estimate of drug-likeness (QED) is 0.155. The minimum Gasteiger partial charge on any atom is -0.403 e. The summed E-state index contributed by atoms with van der Waals surface area (Å²) < 4.78 is 31.4. The predicted octanol–water partition coefficient (Wildman–Crippen LogP) is 9.46. The number of para-hydroxylation sites is 4. The topological polar surface area (TPSA) is 135 Å². The third-order valence-corrected chi connectivity index (χ3v) is 8.68. The Morgan fingerprint density at radius 1 is 0.438 bits per heavy atom. The third-order valence-electron chi connectivity index (χ3n) is 7.62. The second-order valence-corrected chi connectivity index (χ2v) is 11.5. The van der Waals surface area contributed by atoms with E-state index in [1.807, 2.05) is 131 Å². The highest BCUT2D eigenvalue weighted by atomic mass is 32.1. The van der Waals surface area contributed by atoms with Crippen LogP contribution in [-0.4, -0.2) is 29.1 Å². The molecule has 0 N–H and O–H groups in total. The van der Waals surface area contributed by atoms with E-state index in [0.29, 0.717) is 33.5 Å². The first kappa shape index (κ1) is 27.9. The van der Waals surface area contributed by atoms with Gasteiger partial charge in [-0.3, -0.25) is 9.80 Å². The number of fused-ring (bicyclic) bond motifs is 2. The molecule has 48 heavy (non-hydrogen) atoms. The molecule has 9 rings (SSSR count). The highest BCUT2D eigenvalue weighted by Gasteiger charge is 2.32. The molecule has 0 radical (unpaired) electrons. The summed E-state index contributed by atoms with van der Waals surface area (Å²) >= 11 is 2.09. The van der Waals surface area contributed by atoms with E-state index in [0.717, 1.165) is 45.8 Å². The summed E-state index contributed by atoms with van der Waals surface area (Å²) in [5.41, 5.74) is 6.56. The first-order chi connectivity index (χ1) is 23.8. The van der Waals surface area contributed by atoms with E-state index in [1.54, 1.807) is 0 Å². The first-order valence-electron chi connectivity index (χ1n) is 14.7. The van der Waals surface area contributed by atoms with Crippen LogP contribution < -0.4 is 9.80 Å². The molecule has 8 aromatic rings. The van der Waals surface area contributed by atoms with Crippen molar-refractivity contribution >= 4 is 80.3 Å². The highest BCUT2D eigenvalue weighted by molar-refractivity contribution is 7.58. The van der Waals surface area contributed by atoms with Crippen LogP contribution in [-0.2, 0) is 11.4 Å². The molecule has 0 unspecified atom stereocenters. The van der Waals surface area contributed by atoms with Gasteiger partial charge in [-0.1, -0.05) is 83.0 Å². The van der Waals surface area contributed by atoms with Crippen LogP contribution in [0.3, 0.4) is 0 Å². The van der Waals surface area contributed by atoms with E-state index in [1.165, 1.54) is 0 Å². The average molecular weight is 665 g/mol. The number of nitrogens with zero attached hydrogens (tertiary/aromatic N) is 10. The van der Waals surface area contributed by atoms with Crippen molar-refractivity contribution in [1.82, 2.24) is 29.1 Å². The van der Waals surface area contributed by atoms with Crippen LogP contribution in [0.15, 0.2) is 139 Å². The molecule has 1 aliphatic heterocycles. The monoisotopic (exact) mass is 664 g/mol. The fourth-order valence-electron chi connectivity index (χ4n) is 5.52. The van der Waals surface area contributed by atoms with Gasteiger partial charge in [-0.2, -0.15) is 17.5 Å². The van der Waals surface area contributed by atoms with Crippen LogP contribution in [0.2, 0.25) is 0 Å². The van der Waals surface area contributed by atoms with Crippen LogP contribution in [0.25, 0.3) is 33.9 Å². The maximum Gasteiger partial charge on any atom is 0.327 e. The Bertz CT molecular complexity index is 2220. The lowest BCUT2D eigenvalue weighted by atomic mass is 10.0. The van der Waals surface area contributed by atoms with Gasteiger partial charge in [-0.05, 0) is 48.5 Å². The van der Waals surface area contributed by atoms with Gasteiger partial charge in [0.15, 0.2) is 0 Å². The minimum atomic E-state index is 0.231. The van der Waals surface area contributed by atoms with Crippen LogP contribution in [0, 0.1) is 0 Å². The Balaban J connectivity index is 1.17. The molecule has 0 amide bonds. The third kappa shape index (κ3) is 4.74. The Labute approximate surface area is 280 Å². The van der Waals surface area contributed by atoms with E-state index in [-0.39, 0.29) is 23.8 Å². The highest BCUT2D eigenvalue weighted by Crippen LogP contribution is 2.52. The molecule has 0 spiro atoms. The zero-order valence-corrected chi connectivity index (χ0v) is 26.3. The van der Waals surface area contributed by atoms with Gasteiger partial charge in [0.1, 0.15) is 22.4 Å². The number of aromatic nitrogens is 6. The van der Waals surface area contributed by atoms with Crippen molar-refractivity contribution in [3.8, 4) is 22.9 Å². The van der Waals surface area contributed by atoms with Gasteiger partial charge in [-0.15, -0.1) is 10.2 Å². The summed E-state index contributed by atoms with van der Waals surface area (Å²) in [6, 6.07) is 39.9. The Kier molecular flexibility index (Phi) is 6.84. The number of benzene rings is 5. The van der Waals surface area contributed by atoms with Crippen molar-refractivity contribution in [2.45, 2.75) is 0 Å². The number of hydrogen-bond donors (Lipinski definition) is 0. The molecule has 0 aliphatic carbocycles. The van der Waals surface area contributed by atoms with Gasteiger partial charge >= 0.3 is 12.0 Å². The maximum atomic E-state index is 6.39. The lowest BCUT2D eigenvalue weighted by molar-refractivity contribution is 0.575. The van der Waals surface area contributed by atoms with Crippen LogP contribution in [0.4, 0.5) is 46.2 Å². The van der Waals surface area contributed by atoms with Crippen LogP contribution in [0.5, 0.6) is 0 Å². The predicted molar refractivity (Wildman–Crippen MR) is 185 cm³/mol. The van der Waals surface area contributed by atoms with Crippen LogP contribution >= 0.6 is 11.7 Å². The van der Waals surface area contributed by atoms with Crippen molar-refractivity contribution in [3.05, 3.63) is 121 Å². The largest absolute Gasteiger partial charge is 0.403 e. The molecule has 3 aromatic heterocycles. The first-order valence-corrected chi connectivity index (χ1v) is 16.2. The van der Waals surface area contributed by atoms with E-state index < -0.39 is 0 Å². The van der Waals surface area contributed by atoms with Gasteiger partial charge in [0.2, 0.25) is 0 Å². The summed E-state index contributed by atoms with van der Waals surface area (Å²) in [6.07, 6.45) is 0. The molecular formula is C34H20N10O2S2. The molecule has 1 aliphatic rings. The molecule has 5 aromatic carbocycles. The van der Waals surface area contributed by atoms with E-state index in [2.05, 4.69) is 37.9 Å².